The third kappa shape index (κ3) is 6.21. The number of Topliss-reactive ketones (excluding diaryl/α,β-unsaturated/α-hetero) is 1. The Hall–Kier alpha value is -1.80. The van der Waals surface area contributed by atoms with E-state index in [2.05, 4.69) is 6.92 Å². The fraction of sp³-hybridized carbons (Fsp3) is 0.409. The molecule has 0 fully saturated rings. The van der Waals surface area contributed by atoms with Gasteiger partial charge in [-0.3, -0.25) is 4.79 Å². The van der Waals surface area contributed by atoms with Gasteiger partial charge in [0.1, 0.15) is 5.75 Å². The fourth-order valence-corrected chi connectivity index (χ4v) is 2.99. The molecule has 0 aliphatic heterocycles. The topological polar surface area (TPSA) is 26.3 Å². The van der Waals surface area contributed by atoms with Crippen molar-refractivity contribution in [3.8, 4) is 16.9 Å². The lowest BCUT2D eigenvalue weighted by molar-refractivity contribution is 0.101. The highest BCUT2D eigenvalue weighted by Crippen LogP contribution is 2.30. The summed E-state index contributed by atoms with van der Waals surface area (Å²) in [6.45, 7) is 4.51. The van der Waals surface area contributed by atoms with E-state index >= 15 is 0 Å². The van der Waals surface area contributed by atoms with Crippen LogP contribution in [0.5, 0.6) is 5.75 Å². The van der Waals surface area contributed by atoms with Crippen LogP contribution in [0.1, 0.15) is 62.7 Å². The van der Waals surface area contributed by atoms with Crippen LogP contribution in [0.15, 0.2) is 42.5 Å². The molecule has 0 spiro atoms. The zero-order valence-corrected chi connectivity index (χ0v) is 15.9. The predicted octanol–water partition coefficient (Wildman–Crippen LogP) is 6.95. The highest BCUT2D eigenvalue weighted by Gasteiger charge is 2.06. The number of rotatable bonds is 10. The van der Waals surface area contributed by atoms with Gasteiger partial charge in [-0.2, -0.15) is 0 Å². The Kier molecular flexibility index (Phi) is 8.00. The van der Waals surface area contributed by atoms with Crippen LogP contribution in [0.25, 0.3) is 11.1 Å². The lowest BCUT2D eigenvalue weighted by Crippen LogP contribution is -1.98. The van der Waals surface area contributed by atoms with Gasteiger partial charge < -0.3 is 4.74 Å². The molecule has 0 heterocycles. The molecular weight excluding hydrogens is 332 g/mol. The summed E-state index contributed by atoms with van der Waals surface area (Å²) < 4.78 is 5.81. The average Bonchev–Trinajstić information content (AvgIpc) is 2.62. The number of benzene rings is 2. The Morgan fingerprint density at radius 1 is 0.920 bits per heavy atom. The molecule has 0 unspecified atom stereocenters. The molecule has 0 atom stereocenters. The van der Waals surface area contributed by atoms with Gasteiger partial charge >= 0.3 is 0 Å². The molecular formula is C22H27ClO2. The second-order valence-corrected chi connectivity index (χ2v) is 6.80. The number of ketones is 1. The number of ether oxygens (including phenoxy) is 1. The molecule has 2 rings (SSSR count). The molecule has 0 bridgehead atoms. The zero-order chi connectivity index (χ0) is 18.1. The van der Waals surface area contributed by atoms with Gasteiger partial charge in [0.2, 0.25) is 0 Å². The summed E-state index contributed by atoms with van der Waals surface area (Å²) in [5, 5.41) is 0.624. The summed E-state index contributed by atoms with van der Waals surface area (Å²) >= 11 is 6.36. The Bertz CT molecular complexity index is 677. The average molecular weight is 359 g/mol. The molecule has 0 saturated carbocycles. The quantitative estimate of drug-likeness (QED) is 0.339. The molecule has 134 valence electrons. The molecule has 0 aliphatic rings. The Labute approximate surface area is 156 Å². The molecule has 0 saturated heterocycles. The standard InChI is InChI=1S/C22H27ClO2/c1-3-4-5-6-7-8-15-25-22-14-13-20(16-21(22)23)19-11-9-18(10-12-19)17(2)24/h9-14,16H,3-8,15H2,1-2H3. The van der Waals surface area contributed by atoms with E-state index in [0.717, 1.165) is 23.3 Å². The minimum atomic E-state index is 0.0722. The summed E-state index contributed by atoms with van der Waals surface area (Å²) in [6.07, 6.45) is 7.46. The maximum atomic E-state index is 11.4. The minimum Gasteiger partial charge on any atom is -0.492 e. The van der Waals surface area contributed by atoms with Crippen molar-refractivity contribution in [2.45, 2.75) is 52.4 Å². The normalized spacial score (nSPS) is 10.7. The first kappa shape index (κ1) is 19.5. The van der Waals surface area contributed by atoms with Gasteiger partial charge in [-0.05, 0) is 36.6 Å². The summed E-state index contributed by atoms with van der Waals surface area (Å²) in [4.78, 5) is 11.4. The summed E-state index contributed by atoms with van der Waals surface area (Å²) in [6, 6.07) is 13.4. The van der Waals surface area contributed by atoms with Crippen LogP contribution in [0.4, 0.5) is 0 Å². The van der Waals surface area contributed by atoms with E-state index in [1.54, 1.807) is 6.92 Å². The van der Waals surface area contributed by atoms with Crippen molar-refractivity contribution in [2.24, 2.45) is 0 Å². The van der Waals surface area contributed by atoms with E-state index in [-0.39, 0.29) is 5.78 Å². The van der Waals surface area contributed by atoms with Gasteiger partial charge in [-0.25, -0.2) is 0 Å². The van der Waals surface area contributed by atoms with Crippen LogP contribution < -0.4 is 4.74 Å². The second kappa shape index (κ2) is 10.2. The van der Waals surface area contributed by atoms with Gasteiger partial charge in [0.25, 0.3) is 0 Å². The van der Waals surface area contributed by atoms with Crippen LogP contribution in [-0.4, -0.2) is 12.4 Å². The van der Waals surface area contributed by atoms with E-state index in [9.17, 15) is 4.79 Å². The Morgan fingerprint density at radius 3 is 2.20 bits per heavy atom. The maximum Gasteiger partial charge on any atom is 0.159 e. The monoisotopic (exact) mass is 358 g/mol. The van der Waals surface area contributed by atoms with Crippen molar-refractivity contribution >= 4 is 17.4 Å². The van der Waals surface area contributed by atoms with E-state index in [1.165, 1.54) is 32.1 Å². The number of carbonyl (C=O) groups is 1. The lowest BCUT2D eigenvalue weighted by Gasteiger charge is -2.10. The third-order valence-corrected chi connectivity index (χ3v) is 4.61. The van der Waals surface area contributed by atoms with Gasteiger partial charge in [-0.1, -0.05) is 81.0 Å². The molecule has 0 radical (unpaired) electrons. The summed E-state index contributed by atoms with van der Waals surface area (Å²) in [5.41, 5.74) is 2.77. The lowest BCUT2D eigenvalue weighted by atomic mass is 10.0. The number of hydrogen-bond donors (Lipinski definition) is 0. The van der Waals surface area contributed by atoms with Gasteiger partial charge in [0, 0.05) is 5.56 Å². The maximum absolute atomic E-state index is 11.4. The first-order valence-corrected chi connectivity index (χ1v) is 9.53. The number of unbranched alkanes of at least 4 members (excludes halogenated alkanes) is 5. The van der Waals surface area contributed by atoms with Crippen LogP contribution in [0.2, 0.25) is 5.02 Å². The van der Waals surface area contributed by atoms with Crippen molar-refractivity contribution < 1.29 is 9.53 Å². The van der Waals surface area contributed by atoms with Crippen molar-refractivity contribution in [3.05, 3.63) is 53.1 Å². The van der Waals surface area contributed by atoms with E-state index in [4.69, 9.17) is 16.3 Å². The van der Waals surface area contributed by atoms with E-state index in [0.29, 0.717) is 17.2 Å². The molecule has 0 aromatic heterocycles. The third-order valence-electron chi connectivity index (χ3n) is 4.31. The molecule has 0 N–H and O–H groups in total. The molecule has 2 nitrogen and oxygen atoms in total. The van der Waals surface area contributed by atoms with Crippen LogP contribution in [0.3, 0.4) is 0 Å². The first-order chi connectivity index (χ1) is 12.1. The second-order valence-electron chi connectivity index (χ2n) is 6.39. The smallest absolute Gasteiger partial charge is 0.159 e. The predicted molar refractivity (Wildman–Crippen MR) is 106 cm³/mol. The Balaban J connectivity index is 1.88. The zero-order valence-electron chi connectivity index (χ0n) is 15.2. The van der Waals surface area contributed by atoms with Crippen LogP contribution in [0, 0.1) is 0 Å². The fourth-order valence-electron chi connectivity index (χ4n) is 2.76. The summed E-state index contributed by atoms with van der Waals surface area (Å²) in [5.74, 6) is 0.808. The molecule has 0 amide bonds. The molecule has 2 aromatic carbocycles. The number of hydrogen-bond acceptors (Lipinski definition) is 2. The Morgan fingerprint density at radius 2 is 1.56 bits per heavy atom. The minimum absolute atomic E-state index is 0.0722. The summed E-state index contributed by atoms with van der Waals surface area (Å²) in [7, 11) is 0. The SMILES string of the molecule is CCCCCCCCOc1ccc(-c2ccc(C(C)=O)cc2)cc1Cl. The molecule has 0 aliphatic carbocycles. The van der Waals surface area contributed by atoms with Crippen LogP contribution in [-0.2, 0) is 0 Å². The first-order valence-electron chi connectivity index (χ1n) is 9.15. The van der Waals surface area contributed by atoms with Gasteiger partial charge in [0.05, 0.1) is 11.6 Å². The van der Waals surface area contributed by atoms with E-state index in [1.807, 2.05) is 42.5 Å². The molecule has 2 aromatic rings. The highest BCUT2D eigenvalue weighted by atomic mass is 35.5. The van der Waals surface area contributed by atoms with Crippen molar-refractivity contribution in [2.75, 3.05) is 6.61 Å². The molecule has 3 heteroatoms. The number of carbonyl (C=O) groups excluding carboxylic acids is 1. The largest absolute Gasteiger partial charge is 0.492 e. The van der Waals surface area contributed by atoms with Crippen molar-refractivity contribution in [1.82, 2.24) is 0 Å². The van der Waals surface area contributed by atoms with E-state index < -0.39 is 0 Å². The van der Waals surface area contributed by atoms with Crippen LogP contribution >= 0.6 is 11.6 Å². The van der Waals surface area contributed by atoms with Crippen molar-refractivity contribution in [3.63, 3.8) is 0 Å². The number of halogens is 1. The van der Waals surface area contributed by atoms with Gasteiger partial charge in [0.15, 0.2) is 5.78 Å². The van der Waals surface area contributed by atoms with Gasteiger partial charge in [-0.15, -0.1) is 0 Å². The highest BCUT2D eigenvalue weighted by molar-refractivity contribution is 6.32. The van der Waals surface area contributed by atoms with Crippen molar-refractivity contribution in [1.29, 1.82) is 0 Å². The molecule has 25 heavy (non-hydrogen) atoms.